The fourth-order valence-electron chi connectivity index (χ4n) is 1.26. The Morgan fingerprint density at radius 3 is 1.58 bits per heavy atom. The maximum Gasteiger partial charge on any atom is 0.105 e. The Morgan fingerprint density at radius 1 is 0.684 bits per heavy atom. The molecule has 0 saturated carbocycles. The Balaban J connectivity index is 3.83. The maximum atomic E-state index is 5.55. The van der Waals surface area contributed by atoms with Gasteiger partial charge in [-0.1, -0.05) is 0 Å². The van der Waals surface area contributed by atoms with Crippen LogP contribution in [0.15, 0.2) is 0 Å². The van der Waals surface area contributed by atoms with Crippen molar-refractivity contribution in [3.05, 3.63) is 0 Å². The smallest absolute Gasteiger partial charge is 0.105 e. The highest BCUT2D eigenvalue weighted by Crippen LogP contribution is 2.01. The van der Waals surface area contributed by atoms with Gasteiger partial charge in [0.2, 0.25) is 0 Å². The molecule has 0 heterocycles. The second-order valence-electron chi connectivity index (χ2n) is 3.53. The molecule has 0 aliphatic carbocycles. The van der Waals surface area contributed by atoms with Crippen LogP contribution in [-0.2, 0) is 23.7 Å². The predicted octanol–water partition coefficient (Wildman–Crippen LogP) is 1.49. The number of thiol groups is 3. The molecule has 0 rings (SSSR count). The van der Waals surface area contributed by atoms with Gasteiger partial charge < -0.3 is 23.7 Å². The highest BCUT2D eigenvalue weighted by atomic mass is 32.1. The molecule has 0 aromatic heterocycles. The van der Waals surface area contributed by atoms with Gasteiger partial charge in [0.05, 0.1) is 44.2 Å². The second-order valence-corrected chi connectivity index (χ2v) is 4.31. The lowest BCUT2D eigenvalue weighted by molar-refractivity contribution is -0.0777. The topological polar surface area (TPSA) is 46.2 Å². The van der Waals surface area contributed by atoms with E-state index in [4.69, 9.17) is 23.7 Å². The summed E-state index contributed by atoms with van der Waals surface area (Å²) in [5.41, 5.74) is 0. The van der Waals surface area contributed by atoms with Crippen LogP contribution in [0, 0.1) is 0 Å². The molecular formula is C11H24O5S3. The van der Waals surface area contributed by atoms with Gasteiger partial charge in [-0.05, 0) is 6.92 Å². The number of hydrogen-bond acceptors (Lipinski definition) is 8. The summed E-state index contributed by atoms with van der Waals surface area (Å²) in [5, 5.41) is 0. The fourth-order valence-corrected chi connectivity index (χ4v) is 1.79. The summed E-state index contributed by atoms with van der Waals surface area (Å²) in [5.74, 6) is 1.00. The Kier molecular flexibility index (Phi) is 15.9. The van der Waals surface area contributed by atoms with Crippen LogP contribution in [0.5, 0.6) is 0 Å². The van der Waals surface area contributed by atoms with Crippen molar-refractivity contribution in [2.45, 2.75) is 19.1 Å². The quantitative estimate of drug-likeness (QED) is 0.332. The van der Waals surface area contributed by atoms with Crippen molar-refractivity contribution in [1.29, 1.82) is 0 Å². The molecule has 8 heteroatoms. The van der Waals surface area contributed by atoms with Gasteiger partial charge in [-0.25, -0.2) is 0 Å². The molecule has 0 radical (unpaired) electrons. The number of hydrogen-bond donors (Lipinski definition) is 3. The van der Waals surface area contributed by atoms with Crippen molar-refractivity contribution >= 4 is 37.9 Å². The lowest BCUT2D eigenvalue weighted by atomic mass is 10.4. The van der Waals surface area contributed by atoms with Crippen molar-refractivity contribution in [3.63, 3.8) is 0 Å². The second kappa shape index (κ2) is 15.2. The Bertz CT molecular complexity index is 170. The summed E-state index contributed by atoms with van der Waals surface area (Å²) in [6.45, 7) is 4.33. The standard InChI is InChI=1S/C11H24O5S3/c1-2-12-3-10(15-8-18)4-13-5-11(16-9-19)6-14-7-17/h10-11,17-19H,2-9H2,1H3. The third-order valence-corrected chi connectivity index (χ3v) is 2.61. The summed E-state index contributed by atoms with van der Waals surface area (Å²) in [6, 6.07) is 0. The molecule has 0 aromatic rings. The SMILES string of the molecule is CCOCC(COCC(COCS)OCS)OCS. The van der Waals surface area contributed by atoms with Gasteiger partial charge in [0.25, 0.3) is 0 Å². The fraction of sp³-hybridized carbons (Fsp3) is 1.00. The molecule has 0 saturated heterocycles. The zero-order valence-corrected chi connectivity index (χ0v) is 13.9. The highest BCUT2D eigenvalue weighted by molar-refractivity contribution is 7.80. The molecular weight excluding hydrogens is 308 g/mol. The van der Waals surface area contributed by atoms with Gasteiger partial charge in [-0.3, -0.25) is 0 Å². The summed E-state index contributed by atoms with van der Waals surface area (Å²) in [7, 11) is 0. The van der Waals surface area contributed by atoms with Crippen LogP contribution in [0.25, 0.3) is 0 Å². The van der Waals surface area contributed by atoms with Gasteiger partial charge in [0.15, 0.2) is 0 Å². The molecule has 2 atom stereocenters. The van der Waals surface area contributed by atoms with E-state index in [0.29, 0.717) is 50.9 Å². The number of ether oxygens (including phenoxy) is 5. The van der Waals surface area contributed by atoms with Crippen LogP contribution in [0.3, 0.4) is 0 Å². The molecule has 0 amide bonds. The van der Waals surface area contributed by atoms with Crippen LogP contribution < -0.4 is 0 Å². The molecule has 0 aromatic carbocycles. The molecule has 0 N–H and O–H groups in total. The van der Waals surface area contributed by atoms with Gasteiger partial charge in [0, 0.05) is 6.61 Å². The van der Waals surface area contributed by atoms with Gasteiger partial charge in [-0.2, -0.15) is 37.9 Å². The molecule has 19 heavy (non-hydrogen) atoms. The molecule has 5 nitrogen and oxygen atoms in total. The largest absolute Gasteiger partial charge is 0.379 e. The van der Waals surface area contributed by atoms with Gasteiger partial charge in [-0.15, -0.1) is 0 Å². The predicted molar refractivity (Wildman–Crippen MR) is 84.6 cm³/mol. The normalized spacial score (nSPS) is 14.5. The van der Waals surface area contributed by atoms with E-state index in [2.05, 4.69) is 37.9 Å². The first-order valence-corrected chi connectivity index (χ1v) is 7.97. The Hall–Kier alpha value is 0.850. The molecule has 0 bridgehead atoms. The lowest BCUT2D eigenvalue weighted by Gasteiger charge is -2.20. The minimum atomic E-state index is -0.159. The van der Waals surface area contributed by atoms with E-state index in [1.54, 1.807) is 0 Å². The first-order chi connectivity index (χ1) is 9.28. The van der Waals surface area contributed by atoms with Crippen molar-refractivity contribution in [2.24, 2.45) is 0 Å². The maximum absolute atomic E-state index is 5.55. The zero-order valence-electron chi connectivity index (χ0n) is 11.2. The monoisotopic (exact) mass is 332 g/mol. The Morgan fingerprint density at radius 2 is 1.16 bits per heavy atom. The molecule has 0 spiro atoms. The summed E-state index contributed by atoms with van der Waals surface area (Å²) in [6.07, 6.45) is -0.284. The van der Waals surface area contributed by atoms with Crippen LogP contribution in [-0.4, -0.2) is 63.1 Å². The van der Waals surface area contributed by atoms with Crippen molar-refractivity contribution in [2.75, 3.05) is 50.9 Å². The third kappa shape index (κ3) is 12.3. The van der Waals surface area contributed by atoms with E-state index >= 15 is 0 Å². The Labute approximate surface area is 131 Å². The first-order valence-electron chi connectivity index (χ1n) is 6.07. The van der Waals surface area contributed by atoms with E-state index in [1.165, 1.54) is 0 Å². The average molecular weight is 333 g/mol. The van der Waals surface area contributed by atoms with E-state index in [0.717, 1.165) is 0 Å². The summed E-state index contributed by atoms with van der Waals surface area (Å²) >= 11 is 12.0. The molecule has 0 aliphatic rings. The molecule has 0 aliphatic heterocycles. The molecule has 2 unspecified atom stereocenters. The zero-order chi connectivity index (χ0) is 14.3. The average Bonchev–Trinajstić information content (AvgIpc) is 2.42. The van der Waals surface area contributed by atoms with Crippen LogP contribution >= 0.6 is 37.9 Å². The van der Waals surface area contributed by atoms with Gasteiger partial charge >= 0.3 is 0 Å². The van der Waals surface area contributed by atoms with Crippen LogP contribution in [0.2, 0.25) is 0 Å². The minimum absolute atomic E-state index is 0.125. The van der Waals surface area contributed by atoms with E-state index in [-0.39, 0.29) is 12.2 Å². The van der Waals surface area contributed by atoms with Gasteiger partial charge in [0.1, 0.15) is 12.2 Å². The third-order valence-electron chi connectivity index (χ3n) is 2.13. The van der Waals surface area contributed by atoms with E-state index < -0.39 is 0 Å². The summed E-state index contributed by atoms with van der Waals surface area (Å²) in [4.78, 5) is 0. The van der Waals surface area contributed by atoms with Crippen molar-refractivity contribution in [3.8, 4) is 0 Å². The summed E-state index contributed by atoms with van der Waals surface area (Å²) < 4.78 is 26.8. The minimum Gasteiger partial charge on any atom is -0.379 e. The molecule has 0 fully saturated rings. The van der Waals surface area contributed by atoms with Crippen LogP contribution in [0.1, 0.15) is 6.92 Å². The van der Waals surface area contributed by atoms with E-state index in [9.17, 15) is 0 Å². The lowest BCUT2D eigenvalue weighted by Crippen LogP contribution is -2.30. The highest BCUT2D eigenvalue weighted by Gasteiger charge is 2.13. The van der Waals surface area contributed by atoms with Crippen LogP contribution in [0.4, 0.5) is 0 Å². The first kappa shape index (κ1) is 19.9. The number of rotatable bonds is 14. The molecule has 116 valence electrons. The van der Waals surface area contributed by atoms with E-state index in [1.807, 2.05) is 6.92 Å². The van der Waals surface area contributed by atoms with Crippen molar-refractivity contribution < 1.29 is 23.7 Å². The van der Waals surface area contributed by atoms with Crippen molar-refractivity contribution in [1.82, 2.24) is 0 Å².